The molecule has 1 aromatic carbocycles. The molecule has 0 radical (unpaired) electrons. The maximum atomic E-state index is 5.32. The van der Waals surface area contributed by atoms with Crippen LogP contribution in [0.25, 0.3) is 0 Å². The lowest BCUT2D eigenvalue weighted by Gasteiger charge is -2.07. The van der Waals surface area contributed by atoms with Crippen molar-refractivity contribution < 1.29 is 9.26 Å². The van der Waals surface area contributed by atoms with E-state index in [4.69, 9.17) is 9.26 Å². The van der Waals surface area contributed by atoms with E-state index in [1.807, 2.05) is 24.3 Å². The summed E-state index contributed by atoms with van der Waals surface area (Å²) >= 11 is 2.99. The minimum atomic E-state index is 0.505. The summed E-state index contributed by atoms with van der Waals surface area (Å²) < 4.78 is 11.4. The molecule has 1 N–H and O–H groups in total. The van der Waals surface area contributed by atoms with Gasteiger partial charge in [0.15, 0.2) is 10.2 Å². The summed E-state index contributed by atoms with van der Waals surface area (Å²) in [6.45, 7) is 4.25. The van der Waals surface area contributed by atoms with E-state index in [9.17, 15) is 0 Å². The molecule has 7 nitrogen and oxygen atoms in total. The molecule has 0 unspecified atom stereocenters. The highest BCUT2D eigenvalue weighted by Gasteiger charge is 2.12. The fourth-order valence-corrected chi connectivity index (χ4v) is 3.70. The number of para-hydroxylation sites is 2. The van der Waals surface area contributed by atoms with Crippen LogP contribution < -0.4 is 10.1 Å². The van der Waals surface area contributed by atoms with Crippen LogP contribution in [0.3, 0.4) is 0 Å². The number of nitrogens with zero attached hydrogens (tertiary/aromatic N) is 4. The average Bonchev–Trinajstić information content (AvgIpc) is 3.22. The van der Waals surface area contributed by atoms with Gasteiger partial charge in [0.2, 0.25) is 11.0 Å². The van der Waals surface area contributed by atoms with Crippen molar-refractivity contribution >= 4 is 33.9 Å². The molecule has 0 spiro atoms. The Morgan fingerprint density at radius 1 is 1.28 bits per heavy atom. The largest absolute Gasteiger partial charge is 0.495 e. The summed E-state index contributed by atoms with van der Waals surface area (Å²) in [6.07, 6.45) is 0.819. The van der Waals surface area contributed by atoms with Gasteiger partial charge in [-0.2, -0.15) is 4.98 Å². The minimum Gasteiger partial charge on any atom is -0.495 e. The summed E-state index contributed by atoms with van der Waals surface area (Å²) in [5, 5.41) is 16.3. The lowest BCUT2D eigenvalue weighted by atomic mass is 10.1. The first-order valence-corrected chi connectivity index (χ1v) is 9.62. The third-order valence-electron chi connectivity index (χ3n) is 3.18. The molecule has 3 rings (SSSR count). The first-order valence-electron chi connectivity index (χ1n) is 7.82. The summed E-state index contributed by atoms with van der Waals surface area (Å²) in [7, 11) is 1.64. The van der Waals surface area contributed by atoms with Crippen molar-refractivity contribution in [2.75, 3.05) is 12.4 Å². The quantitative estimate of drug-likeness (QED) is 0.586. The number of anilines is 2. The summed E-state index contributed by atoms with van der Waals surface area (Å²) in [6, 6.07) is 7.68. The standard InChI is InChI=1S/C16H19N5O2S2/c1-10(2)8-13-18-14(23-21-13)9-24-16-20-19-15(25-16)17-11-6-4-5-7-12(11)22-3/h4-7,10H,8-9H2,1-3H3,(H,17,19). The Hall–Kier alpha value is -2.13. The first-order chi connectivity index (χ1) is 12.1. The Kier molecular flexibility index (Phi) is 5.87. The number of nitrogens with one attached hydrogen (secondary N) is 1. The van der Waals surface area contributed by atoms with Crippen molar-refractivity contribution in [2.24, 2.45) is 5.92 Å². The number of hydrogen-bond acceptors (Lipinski definition) is 9. The van der Waals surface area contributed by atoms with Crippen LogP contribution in [0.15, 0.2) is 33.1 Å². The van der Waals surface area contributed by atoms with Crippen molar-refractivity contribution in [3.8, 4) is 5.75 Å². The fraction of sp³-hybridized carbons (Fsp3) is 0.375. The Labute approximate surface area is 154 Å². The second-order valence-electron chi connectivity index (χ2n) is 5.69. The van der Waals surface area contributed by atoms with E-state index in [1.54, 1.807) is 7.11 Å². The highest BCUT2D eigenvalue weighted by Crippen LogP contribution is 2.32. The van der Waals surface area contributed by atoms with Crippen molar-refractivity contribution in [1.29, 1.82) is 0 Å². The average molecular weight is 377 g/mol. The third-order valence-corrected chi connectivity index (χ3v) is 5.13. The number of benzene rings is 1. The van der Waals surface area contributed by atoms with Crippen molar-refractivity contribution in [3.05, 3.63) is 36.0 Å². The van der Waals surface area contributed by atoms with Gasteiger partial charge in [-0.15, -0.1) is 10.2 Å². The van der Waals surface area contributed by atoms with Gasteiger partial charge in [0.05, 0.1) is 18.6 Å². The van der Waals surface area contributed by atoms with Gasteiger partial charge >= 0.3 is 0 Å². The zero-order valence-electron chi connectivity index (χ0n) is 14.2. The molecule has 0 aliphatic rings. The summed E-state index contributed by atoms with van der Waals surface area (Å²) in [5.74, 6) is 3.20. The van der Waals surface area contributed by atoms with Crippen molar-refractivity contribution in [1.82, 2.24) is 20.3 Å². The number of hydrogen-bond donors (Lipinski definition) is 1. The number of thioether (sulfide) groups is 1. The van der Waals surface area contributed by atoms with Crippen LogP contribution >= 0.6 is 23.1 Å². The van der Waals surface area contributed by atoms with E-state index in [0.29, 0.717) is 22.7 Å². The highest BCUT2D eigenvalue weighted by atomic mass is 32.2. The van der Waals surface area contributed by atoms with Crippen LogP contribution in [0.1, 0.15) is 25.6 Å². The second-order valence-corrected chi connectivity index (χ2v) is 7.89. The number of methoxy groups -OCH3 is 1. The van der Waals surface area contributed by atoms with Crippen LogP contribution in [-0.4, -0.2) is 27.4 Å². The maximum absolute atomic E-state index is 5.32. The predicted octanol–water partition coefficient (Wildman–Crippen LogP) is 4.16. The molecule has 0 amide bonds. The Bertz CT molecular complexity index is 818. The fourth-order valence-electron chi connectivity index (χ4n) is 2.10. The van der Waals surface area contributed by atoms with Gasteiger partial charge in [0.25, 0.3) is 0 Å². The van der Waals surface area contributed by atoms with Gasteiger partial charge in [0, 0.05) is 6.42 Å². The zero-order chi connectivity index (χ0) is 17.6. The molecule has 0 fully saturated rings. The smallest absolute Gasteiger partial charge is 0.237 e. The Morgan fingerprint density at radius 3 is 2.92 bits per heavy atom. The van der Waals surface area contributed by atoms with E-state index in [-0.39, 0.29) is 0 Å². The third kappa shape index (κ3) is 4.93. The van der Waals surface area contributed by atoms with Crippen LogP contribution in [0, 0.1) is 5.92 Å². The molecule has 0 saturated heterocycles. The van der Waals surface area contributed by atoms with Gasteiger partial charge in [-0.1, -0.05) is 54.2 Å². The zero-order valence-corrected chi connectivity index (χ0v) is 15.9. The van der Waals surface area contributed by atoms with Crippen molar-refractivity contribution in [2.45, 2.75) is 30.4 Å². The van der Waals surface area contributed by atoms with Gasteiger partial charge in [0.1, 0.15) is 5.75 Å². The molecule has 3 aromatic rings. The number of ether oxygens (including phenoxy) is 1. The minimum absolute atomic E-state index is 0.505. The normalized spacial score (nSPS) is 11.0. The molecule has 9 heteroatoms. The Morgan fingerprint density at radius 2 is 2.12 bits per heavy atom. The molecule has 2 aromatic heterocycles. The van der Waals surface area contributed by atoms with Crippen molar-refractivity contribution in [3.63, 3.8) is 0 Å². The highest BCUT2D eigenvalue weighted by molar-refractivity contribution is 8.00. The SMILES string of the molecule is COc1ccccc1Nc1nnc(SCc2nc(CC(C)C)no2)s1. The van der Waals surface area contributed by atoms with Gasteiger partial charge < -0.3 is 14.6 Å². The van der Waals surface area contributed by atoms with Crippen LogP contribution in [0.2, 0.25) is 0 Å². The molecule has 0 bridgehead atoms. The van der Waals surface area contributed by atoms with E-state index in [0.717, 1.165) is 28.0 Å². The molecule has 0 aliphatic heterocycles. The Balaban J connectivity index is 1.57. The van der Waals surface area contributed by atoms with Crippen LogP contribution in [0.4, 0.5) is 10.8 Å². The number of rotatable bonds is 8. The first kappa shape index (κ1) is 17.7. The van der Waals surface area contributed by atoms with Gasteiger partial charge in [-0.25, -0.2) is 0 Å². The molecule has 0 aliphatic carbocycles. The molecule has 2 heterocycles. The molecular weight excluding hydrogens is 358 g/mol. The van der Waals surface area contributed by atoms with E-state index < -0.39 is 0 Å². The molecule has 132 valence electrons. The summed E-state index contributed by atoms with van der Waals surface area (Å²) in [4.78, 5) is 4.39. The van der Waals surface area contributed by atoms with E-state index in [2.05, 4.69) is 39.5 Å². The number of aromatic nitrogens is 4. The van der Waals surface area contributed by atoms with Crippen LogP contribution in [0.5, 0.6) is 5.75 Å². The van der Waals surface area contributed by atoms with Crippen LogP contribution in [-0.2, 0) is 12.2 Å². The summed E-state index contributed by atoms with van der Waals surface area (Å²) in [5.41, 5.74) is 0.855. The lowest BCUT2D eigenvalue weighted by molar-refractivity contribution is 0.382. The maximum Gasteiger partial charge on any atom is 0.237 e. The molecular formula is C16H19N5O2S2. The second kappa shape index (κ2) is 8.30. The molecule has 0 atom stereocenters. The lowest BCUT2D eigenvalue weighted by Crippen LogP contribution is -1.96. The molecule has 25 heavy (non-hydrogen) atoms. The van der Waals surface area contributed by atoms with Gasteiger partial charge in [-0.3, -0.25) is 0 Å². The monoisotopic (exact) mass is 377 g/mol. The van der Waals surface area contributed by atoms with E-state index >= 15 is 0 Å². The van der Waals surface area contributed by atoms with Gasteiger partial charge in [-0.05, 0) is 18.1 Å². The molecule has 0 saturated carbocycles. The predicted molar refractivity (Wildman–Crippen MR) is 98.6 cm³/mol. The topological polar surface area (TPSA) is 86.0 Å². The van der Waals surface area contributed by atoms with E-state index in [1.165, 1.54) is 23.1 Å².